The first-order valence-corrected chi connectivity index (χ1v) is 6.49. The number of nitriles is 1. The average Bonchev–Trinajstić information content (AvgIpc) is 2.38. The molecule has 0 bridgehead atoms. The van der Waals surface area contributed by atoms with Crippen molar-refractivity contribution >= 4 is 0 Å². The van der Waals surface area contributed by atoms with E-state index in [1.54, 1.807) is 0 Å². The molecule has 2 rings (SSSR count). The summed E-state index contributed by atoms with van der Waals surface area (Å²) in [5.74, 6) is 0.924. The number of aryl methyl sites for hydroxylation is 2. The first-order chi connectivity index (χ1) is 8.33. The van der Waals surface area contributed by atoms with Gasteiger partial charge in [0.15, 0.2) is 0 Å². The molecule has 1 aliphatic rings. The van der Waals surface area contributed by atoms with Crippen molar-refractivity contribution in [2.45, 2.75) is 51.6 Å². The van der Waals surface area contributed by atoms with Crippen LogP contribution in [0.15, 0.2) is 18.2 Å². The van der Waals surface area contributed by atoms with Crippen LogP contribution in [0.25, 0.3) is 0 Å². The maximum absolute atomic E-state index is 8.71. The molecule has 0 heterocycles. The number of rotatable bonds is 4. The van der Waals surface area contributed by atoms with E-state index in [1.165, 1.54) is 36.8 Å². The molecule has 1 atom stereocenters. The predicted molar refractivity (Wildman–Crippen MR) is 68.0 cm³/mol. The van der Waals surface area contributed by atoms with Crippen LogP contribution in [-0.2, 0) is 12.8 Å². The van der Waals surface area contributed by atoms with Gasteiger partial charge in [-0.2, -0.15) is 5.26 Å². The fraction of sp³-hybridized carbons (Fsp3) is 0.533. The van der Waals surface area contributed by atoms with E-state index in [4.69, 9.17) is 10.00 Å². The summed E-state index contributed by atoms with van der Waals surface area (Å²) in [5.41, 5.74) is 2.90. The topological polar surface area (TPSA) is 33.0 Å². The van der Waals surface area contributed by atoms with Gasteiger partial charge in [0.1, 0.15) is 11.9 Å². The smallest absolute Gasteiger partial charge is 0.120 e. The molecule has 17 heavy (non-hydrogen) atoms. The number of hydrogen-bond acceptors (Lipinski definition) is 2. The van der Waals surface area contributed by atoms with Crippen LogP contribution < -0.4 is 4.74 Å². The Kier molecular flexibility index (Phi) is 4.03. The molecular formula is C15H19NO. The van der Waals surface area contributed by atoms with Gasteiger partial charge in [-0.25, -0.2) is 0 Å². The van der Waals surface area contributed by atoms with E-state index in [0.29, 0.717) is 6.42 Å². The molecule has 1 aliphatic carbocycles. The second kappa shape index (κ2) is 5.72. The molecule has 2 heteroatoms. The molecule has 0 spiro atoms. The molecule has 0 aromatic heterocycles. The van der Waals surface area contributed by atoms with E-state index in [9.17, 15) is 0 Å². The van der Waals surface area contributed by atoms with Crippen molar-refractivity contribution < 1.29 is 4.74 Å². The third-order valence-electron chi connectivity index (χ3n) is 3.40. The summed E-state index contributed by atoms with van der Waals surface area (Å²) in [4.78, 5) is 0. The Balaban J connectivity index is 2.09. The number of fused-ring (bicyclic) bond motifs is 1. The third kappa shape index (κ3) is 3.00. The Morgan fingerprint density at radius 1 is 1.29 bits per heavy atom. The fourth-order valence-corrected chi connectivity index (χ4v) is 2.35. The van der Waals surface area contributed by atoms with E-state index in [0.717, 1.165) is 12.2 Å². The summed E-state index contributed by atoms with van der Waals surface area (Å²) < 4.78 is 5.85. The summed E-state index contributed by atoms with van der Waals surface area (Å²) in [7, 11) is 0. The Labute approximate surface area is 103 Å². The van der Waals surface area contributed by atoms with Crippen molar-refractivity contribution in [1.29, 1.82) is 5.26 Å². The minimum atomic E-state index is 0.0293. The van der Waals surface area contributed by atoms with Crippen LogP contribution in [0.4, 0.5) is 0 Å². The largest absolute Gasteiger partial charge is 0.489 e. The molecule has 0 saturated carbocycles. The number of nitrogens with zero attached hydrogens (tertiary/aromatic N) is 1. The van der Waals surface area contributed by atoms with Gasteiger partial charge in [-0.1, -0.05) is 13.0 Å². The minimum Gasteiger partial charge on any atom is -0.489 e. The molecular weight excluding hydrogens is 210 g/mol. The summed E-state index contributed by atoms with van der Waals surface area (Å²) in [6.45, 7) is 2.06. The van der Waals surface area contributed by atoms with E-state index in [2.05, 4.69) is 25.1 Å². The SMILES string of the molecule is CCC(CC#N)Oc1ccc2c(c1)CCCC2. The van der Waals surface area contributed by atoms with Gasteiger partial charge in [-0.3, -0.25) is 0 Å². The van der Waals surface area contributed by atoms with Crippen molar-refractivity contribution in [3.8, 4) is 11.8 Å². The minimum absolute atomic E-state index is 0.0293. The first-order valence-electron chi connectivity index (χ1n) is 6.49. The number of benzene rings is 1. The van der Waals surface area contributed by atoms with Crippen LogP contribution in [0.5, 0.6) is 5.75 Å². The second-order valence-electron chi connectivity index (χ2n) is 4.65. The van der Waals surface area contributed by atoms with Crippen LogP contribution in [0.3, 0.4) is 0 Å². The summed E-state index contributed by atoms with van der Waals surface area (Å²) >= 11 is 0. The van der Waals surface area contributed by atoms with Crippen LogP contribution in [0.2, 0.25) is 0 Å². The van der Waals surface area contributed by atoms with Crippen LogP contribution >= 0.6 is 0 Å². The second-order valence-corrected chi connectivity index (χ2v) is 4.65. The lowest BCUT2D eigenvalue weighted by Gasteiger charge is -2.19. The van der Waals surface area contributed by atoms with Crippen molar-refractivity contribution in [3.63, 3.8) is 0 Å². The molecule has 1 aromatic carbocycles. The highest BCUT2D eigenvalue weighted by atomic mass is 16.5. The number of ether oxygens (including phenoxy) is 1. The molecule has 1 aromatic rings. The summed E-state index contributed by atoms with van der Waals surface area (Å²) in [5, 5.41) is 8.71. The third-order valence-corrected chi connectivity index (χ3v) is 3.40. The lowest BCUT2D eigenvalue weighted by atomic mass is 9.92. The molecule has 2 nitrogen and oxygen atoms in total. The van der Waals surface area contributed by atoms with Crippen LogP contribution in [0, 0.1) is 11.3 Å². The quantitative estimate of drug-likeness (QED) is 0.789. The Morgan fingerprint density at radius 2 is 2.06 bits per heavy atom. The highest BCUT2D eigenvalue weighted by Crippen LogP contribution is 2.26. The Morgan fingerprint density at radius 3 is 2.76 bits per heavy atom. The van der Waals surface area contributed by atoms with Crippen molar-refractivity contribution in [2.75, 3.05) is 0 Å². The van der Waals surface area contributed by atoms with Gasteiger partial charge in [0.05, 0.1) is 12.5 Å². The van der Waals surface area contributed by atoms with Crippen molar-refractivity contribution in [2.24, 2.45) is 0 Å². The van der Waals surface area contributed by atoms with Gasteiger partial charge < -0.3 is 4.74 Å². The van der Waals surface area contributed by atoms with Crippen molar-refractivity contribution in [1.82, 2.24) is 0 Å². The van der Waals surface area contributed by atoms with Gasteiger partial charge in [0.2, 0.25) is 0 Å². The normalized spacial score (nSPS) is 15.8. The van der Waals surface area contributed by atoms with Gasteiger partial charge in [-0.05, 0) is 55.4 Å². The van der Waals surface area contributed by atoms with Crippen LogP contribution in [0.1, 0.15) is 43.7 Å². The zero-order chi connectivity index (χ0) is 12.1. The lowest BCUT2D eigenvalue weighted by molar-refractivity contribution is 0.202. The van der Waals surface area contributed by atoms with Crippen LogP contribution in [-0.4, -0.2) is 6.10 Å². The van der Waals surface area contributed by atoms with E-state index >= 15 is 0 Å². The molecule has 0 N–H and O–H groups in total. The summed E-state index contributed by atoms with van der Waals surface area (Å²) in [6, 6.07) is 8.57. The average molecular weight is 229 g/mol. The Bertz CT molecular complexity index is 419. The van der Waals surface area contributed by atoms with Gasteiger partial charge in [0, 0.05) is 0 Å². The highest BCUT2D eigenvalue weighted by Gasteiger charge is 2.12. The first kappa shape index (κ1) is 12.0. The molecule has 0 amide bonds. The fourth-order valence-electron chi connectivity index (χ4n) is 2.35. The van der Waals surface area contributed by atoms with Crippen molar-refractivity contribution in [3.05, 3.63) is 29.3 Å². The molecule has 90 valence electrons. The molecule has 0 saturated heterocycles. The van der Waals surface area contributed by atoms with E-state index in [1.807, 2.05) is 6.07 Å². The molecule has 0 fully saturated rings. The monoisotopic (exact) mass is 229 g/mol. The Hall–Kier alpha value is -1.49. The summed E-state index contributed by atoms with van der Waals surface area (Å²) in [6.07, 6.45) is 6.33. The zero-order valence-electron chi connectivity index (χ0n) is 10.4. The maximum Gasteiger partial charge on any atom is 0.120 e. The lowest BCUT2D eigenvalue weighted by Crippen LogP contribution is -2.14. The molecule has 1 unspecified atom stereocenters. The molecule has 0 aliphatic heterocycles. The standard InChI is InChI=1S/C15H19NO/c1-2-14(9-10-16)17-15-8-7-12-5-3-4-6-13(12)11-15/h7-8,11,14H,2-6,9H2,1H3. The van der Waals surface area contributed by atoms with Gasteiger partial charge in [0.25, 0.3) is 0 Å². The molecule has 0 radical (unpaired) electrons. The highest BCUT2D eigenvalue weighted by molar-refractivity contribution is 5.37. The number of hydrogen-bond donors (Lipinski definition) is 0. The van der Waals surface area contributed by atoms with Gasteiger partial charge in [-0.15, -0.1) is 0 Å². The van der Waals surface area contributed by atoms with Gasteiger partial charge >= 0.3 is 0 Å². The zero-order valence-corrected chi connectivity index (χ0v) is 10.4. The predicted octanol–water partition coefficient (Wildman–Crippen LogP) is 3.64. The van der Waals surface area contributed by atoms with E-state index in [-0.39, 0.29) is 6.10 Å². The van der Waals surface area contributed by atoms with E-state index < -0.39 is 0 Å². The maximum atomic E-state index is 8.71.